The Morgan fingerprint density at radius 3 is 2.24 bits per heavy atom. The Morgan fingerprint density at radius 2 is 1.67 bits per heavy atom. The zero-order chi connectivity index (χ0) is 23.8. The Bertz CT molecular complexity index is 945. The van der Waals surface area contributed by atoms with E-state index in [4.69, 9.17) is 4.42 Å². The van der Waals surface area contributed by atoms with Crippen molar-refractivity contribution in [1.29, 1.82) is 0 Å². The average molecular weight is 457 g/mol. The lowest BCUT2D eigenvalue weighted by Crippen LogP contribution is -2.34. The summed E-state index contributed by atoms with van der Waals surface area (Å²) in [6.45, 7) is 7.56. The maximum Gasteiger partial charge on any atom is 0.295 e. The summed E-state index contributed by atoms with van der Waals surface area (Å²) in [5, 5.41) is 10.9. The van der Waals surface area contributed by atoms with Crippen molar-refractivity contribution in [2.75, 3.05) is 26.2 Å². The monoisotopic (exact) mass is 456 g/mol. The number of hydrogen-bond acceptors (Lipinski definition) is 5. The van der Waals surface area contributed by atoms with E-state index in [-0.39, 0.29) is 16.9 Å². The fourth-order valence-corrected chi connectivity index (χ4v) is 4.18. The summed E-state index contributed by atoms with van der Waals surface area (Å²) in [7, 11) is 0. The Balaban J connectivity index is 1.83. The number of ketones is 1. The van der Waals surface area contributed by atoms with Gasteiger partial charge in [-0.3, -0.25) is 9.59 Å². The number of carbonyl (C=O) groups is 2. The third-order valence-electron chi connectivity index (χ3n) is 6.00. The van der Waals surface area contributed by atoms with Gasteiger partial charge in [-0.2, -0.15) is 0 Å². The lowest BCUT2D eigenvalue weighted by atomic mass is 9.99. The molecule has 1 aromatic heterocycles. The van der Waals surface area contributed by atoms with Crippen LogP contribution in [0.15, 0.2) is 52.7 Å². The SMILES string of the molecule is CCCCN(CCCC)CCCN1C(=O)C(=O)/C(=C(/O)c2ccc(F)cc2)C1c1ccco1. The molecule has 1 fully saturated rings. The van der Waals surface area contributed by atoms with Crippen LogP contribution in [-0.2, 0) is 9.59 Å². The van der Waals surface area contributed by atoms with E-state index in [2.05, 4.69) is 18.7 Å². The second-order valence-corrected chi connectivity index (χ2v) is 8.42. The van der Waals surface area contributed by atoms with Crippen molar-refractivity contribution >= 4 is 17.4 Å². The minimum absolute atomic E-state index is 0.0321. The van der Waals surface area contributed by atoms with Crippen LogP contribution in [0, 0.1) is 5.82 Å². The van der Waals surface area contributed by atoms with Crippen LogP contribution in [0.1, 0.15) is 63.3 Å². The highest BCUT2D eigenvalue weighted by atomic mass is 19.1. The number of aliphatic hydroxyl groups is 1. The molecule has 3 rings (SSSR count). The number of Topliss-reactive ketones (excluding diaryl/α,β-unsaturated/α-hetero) is 1. The molecule has 0 saturated carbocycles. The number of benzene rings is 1. The van der Waals surface area contributed by atoms with E-state index in [1.165, 1.54) is 35.4 Å². The maximum absolute atomic E-state index is 13.3. The van der Waals surface area contributed by atoms with E-state index < -0.39 is 23.5 Å². The van der Waals surface area contributed by atoms with Crippen LogP contribution in [0.25, 0.3) is 5.76 Å². The van der Waals surface area contributed by atoms with E-state index in [0.717, 1.165) is 45.3 Å². The van der Waals surface area contributed by atoms with Crippen LogP contribution < -0.4 is 0 Å². The smallest absolute Gasteiger partial charge is 0.295 e. The minimum atomic E-state index is -0.815. The summed E-state index contributed by atoms with van der Waals surface area (Å²) in [6, 6.07) is 7.74. The van der Waals surface area contributed by atoms with Gasteiger partial charge in [0.25, 0.3) is 11.7 Å². The normalized spacial score (nSPS) is 17.9. The predicted molar refractivity (Wildman–Crippen MR) is 125 cm³/mol. The lowest BCUT2D eigenvalue weighted by Gasteiger charge is -2.26. The fourth-order valence-electron chi connectivity index (χ4n) is 4.18. The largest absolute Gasteiger partial charge is 0.507 e. The number of unbranched alkanes of at least 4 members (excludes halogenated alkanes) is 2. The van der Waals surface area contributed by atoms with Gasteiger partial charge in [0.2, 0.25) is 0 Å². The quantitative estimate of drug-likeness (QED) is 0.272. The lowest BCUT2D eigenvalue weighted by molar-refractivity contribution is -0.140. The van der Waals surface area contributed by atoms with Crippen LogP contribution >= 0.6 is 0 Å². The van der Waals surface area contributed by atoms with E-state index in [1.807, 2.05) is 0 Å². The first kappa shape index (κ1) is 24.7. The first-order valence-electron chi connectivity index (χ1n) is 11.8. The number of amides is 1. The fraction of sp³-hybridized carbons (Fsp3) is 0.462. The Morgan fingerprint density at radius 1 is 1.03 bits per heavy atom. The minimum Gasteiger partial charge on any atom is -0.507 e. The predicted octanol–water partition coefficient (Wildman–Crippen LogP) is 5.13. The molecule has 1 amide bonds. The van der Waals surface area contributed by atoms with E-state index >= 15 is 0 Å². The highest BCUT2D eigenvalue weighted by Gasteiger charge is 2.47. The van der Waals surface area contributed by atoms with Crippen molar-refractivity contribution in [2.45, 2.75) is 52.0 Å². The zero-order valence-electron chi connectivity index (χ0n) is 19.4. The van der Waals surface area contributed by atoms with Crippen molar-refractivity contribution in [3.8, 4) is 0 Å². The number of furan rings is 1. The third kappa shape index (κ3) is 5.90. The molecule has 0 bridgehead atoms. The van der Waals surface area contributed by atoms with Crippen LogP contribution in [0.4, 0.5) is 4.39 Å². The molecule has 1 aliphatic rings. The van der Waals surface area contributed by atoms with Crippen molar-refractivity contribution in [1.82, 2.24) is 9.80 Å². The highest BCUT2D eigenvalue weighted by Crippen LogP contribution is 2.39. The molecule has 0 aliphatic carbocycles. The number of hydrogen-bond donors (Lipinski definition) is 1. The van der Waals surface area contributed by atoms with Crippen LogP contribution in [0.2, 0.25) is 0 Å². The van der Waals surface area contributed by atoms with Gasteiger partial charge in [0.05, 0.1) is 11.8 Å². The molecular formula is C26H33FN2O4. The van der Waals surface area contributed by atoms with Gasteiger partial charge in [0, 0.05) is 12.1 Å². The molecule has 1 aromatic carbocycles. The topological polar surface area (TPSA) is 74.0 Å². The van der Waals surface area contributed by atoms with Crippen molar-refractivity contribution in [3.05, 3.63) is 65.4 Å². The molecule has 2 aromatic rings. The van der Waals surface area contributed by atoms with Gasteiger partial charge in [-0.1, -0.05) is 26.7 Å². The molecule has 0 spiro atoms. The molecule has 1 N–H and O–H groups in total. The van der Waals surface area contributed by atoms with E-state index in [9.17, 15) is 19.1 Å². The summed E-state index contributed by atoms with van der Waals surface area (Å²) in [5.74, 6) is -1.79. The molecule has 1 saturated heterocycles. The summed E-state index contributed by atoms with van der Waals surface area (Å²) in [4.78, 5) is 29.8. The summed E-state index contributed by atoms with van der Waals surface area (Å²) < 4.78 is 18.9. The first-order chi connectivity index (χ1) is 16.0. The summed E-state index contributed by atoms with van der Waals surface area (Å²) in [6.07, 6.45) is 6.67. The summed E-state index contributed by atoms with van der Waals surface area (Å²) >= 11 is 0. The zero-order valence-corrected chi connectivity index (χ0v) is 19.4. The molecule has 1 atom stereocenters. The van der Waals surface area contributed by atoms with Gasteiger partial charge >= 0.3 is 0 Å². The Labute approximate surface area is 194 Å². The molecule has 33 heavy (non-hydrogen) atoms. The van der Waals surface area contributed by atoms with E-state index in [0.29, 0.717) is 18.7 Å². The molecule has 7 heteroatoms. The Kier molecular flexibility index (Phi) is 8.83. The molecule has 6 nitrogen and oxygen atoms in total. The highest BCUT2D eigenvalue weighted by molar-refractivity contribution is 6.46. The number of rotatable bonds is 12. The van der Waals surface area contributed by atoms with Gasteiger partial charge in [-0.05, 0) is 75.3 Å². The molecule has 178 valence electrons. The van der Waals surface area contributed by atoms with Gasteiger partial charge in [0.15, 0.2) is 0 Å². The van der Waals surface area contributed by atoms with Crippen molar-refractivity contribution in [2.24, 2.45) is 0 Å². The number of likely N-dealkylation sites (tertiary alicyclic amines) is 1. The van der Waals surface area contributed by atoms with Gasteiger partial charge < -0.3 is 19.3 Å². The summed E-state index contributed by atoms with van der Waals surface area (Å²) in [5.41, 5.74) is 0.242. The van der Waals surface area contributed by atoms with E-state index in [1.54, 1.807) is 12.1 Å². The van der Waals surface area contributed by atoms with Crippen LogP contribution in [-0.4, -0.2) is 52.8 Å². The second-order valence-electron chi connectivity index (χ2n) is 8.42. The molecular weight excluding hydrogens is 423 g/mol. The number of carbonyl (C=O) groups excluding carboxylic acids is 2. The van der Waals surface area contributed by atoms with Crippen molar-refractivity contribution < 1.29 is 23.5 Å². The third-order valence-corrected chi connectivity index (χ3v) is 6.00. The average Bonchev–Trinajstić information content (AvgIpc) is 3.43. The molecule has 1 unspecified atom stereocenters. The van der Waals surface area contributed by atoms with Gasteiger partial charge in [0.1, 0.15) is 23.4 Å². The molecule has 1 aliphatic heterocycles. The number of halogens is 1. The number of nitrogens with zero attached hydrogens (tertiary/aromatic N) is 2. The second kappa shape index (κ2) is 11.8. The van der Waals surface area contributed by atoms with Crippen molar-refractivity contribution in [3.63, 3.8) is 0 Å². The maximum atomic E-state index is 13.3. The number of aliphatic hydroxyl groups excluding tert-OH is 1. The molecule has 2 heterocycles. The van der Waals surface area contributed by atoms with Gasteiger partial charge in [-0.25, -0.2) is 4.39 Å². The standard InChI is InChI=1S/C26H33FN2O4/c1-3-5-14-28(15-6-4-2)16-8-17-29-23(21-9-7-18-33-21)22(25(31)26(29)32)24(30)19-10-12-20(27)13-11-19/h7,9-13,18,23,30H,3-6,8,14-17H2,1-2H3/b24-22+. The molecule has 0 radical (unpaired) electrons. The van der Waals surface area contributed by atoms with Crippen LogP contribution in [0.5, 0.6) is 0 Å². The van der Waals surface area contributed by atoms with Crippen LogP contribution in [0.3, 0.4) is 0 Å². The Hall–Kier alpha value is -2.93. The first-order valence-corrected chi connectivity index (χ1v) is 11.8. The van der Waals surface area contributed by atoms with Gasteiger partial charge in [-0.15, -0.1) is 0 Å².